The highest BCUT2D eigenvalue weighted by atomic mass is 16.5. The third-order valence-electron chi connectivity index (χ3n) is 4.61. The maximum absolute atomic E-state index is 12.5. The van der Waals surface area contributed by atoms with Crippen LogP contribution in [0.5, 0.6) is 11.5 Å². The number of fused-ring (bicyclic) bond motifs is 2. The molecule has 1 N–H and O–H groups in total. The summed E-state index contributed by atoms with van der Waals surface area (Å²) in [5.74, 6) is 1.88. The summed E-state index contributed by atoms with van der Waals surface area (Å²) < 4.78 is 10.7. The van der Waals surface area contributed by atoms with Crippen molar-refractivity contribution in [1.82, 2.24) is 10.2 Å². The predicted octanol–water partition coefficient (Wildman–Crippen LogP) is 2.25. The third-order valence-corrected chi connectivity index (χ3v) is 4.61. The zero-order valence-electron chi connectivity index (χ0n) is 14.2. The number of benzene rings is 2. The van der Waals surface area contributed by atoms with Crippen LogP contribution in [-0.2, 0) is 17.8 Å². The number of amides is 1. The molecule has 1 unspecified atom stereocenters. The molecule has 1 saturated heterocycles. The van der Waals surface area contributed by atoms with Crippen molar-refractivity contribution in [3.63, 3.8) is 0 Å². The minimum Gasteiger partial charge on any atom is -0.493 e. The van der Waals surface area contributed by atoms with E-state index in [-0.39, 0.29) is 11.9 Å². The second-order valence-electron chi connectivity index (χ2n) is 6.09. The normalized spacial score (nSPS) is 18.2. The molecule has 1 fully saturated rings. The van der Waals surface area contributed by atoms with Gasteiger partial charge in [0, 0.05) is 24.6 Å². The van der Waals surface area contributed by atoms with Gasteiger partial charge in [-0.2, -0.15) is 0 Å². The van der Waals surface area contributed by atoms with Gasteiger partial charge in [0.2, 0.25) is 11.9 Å². The molecule has 2 aliphatic heterocycles. The van der Waals surface area contributed by atoms with Crippen molar-refractivity contribution in [2.45, 2.75) is 19.0 Å². The molecule has 6 heteroatoms. The summed E-state index contributed by atoms with van der Waals surface area (Å²) in [5, 5.41) is 2.90. The minimum absolute atomic E-state index is 0.0191. The standard InChI is InChI=1S/C19H19N3O3/c1-24-16-9-13-11-22-15(8-12-6-4-3-5-7-12)18(23)21-19(22)20-14(13)10-17(16)25-2/h3-7,9-10,15H,8,11H2,1-2H3,(H,20,21,23). The topological polar surface area (TPSA) is 63.2 Å². The summed E-state index contributed by atoms with van der Waals surface area (Å²) in [5.41, 5.74) is 2.93. The van der Waals surface area contributed by atoms with E-state index in [1.165, 1.54) is 0 Å². The van der Waals surface area contributed by atoms with Gasteiger partial charge in [0.25, 0.3) is 0 Å². The highest BCUT2D eigenvalue weighted by Crippen LogP contribution is 2.38. The van der Waals surface area contributed by atoms with Crippen LogP contribution in [0.4, 0.5) is 5.69 Å². The van der Waals surface area contributed by atoms with Crippen molar-refractivity contribution in [3.8, 4) is 11.5 Å². The smallest absolute Gasteiger partial charge is 0.249 e. The first kappa shape index (κ1) is 15.5. The number of nitrogens with one attached hydrogen (secondary N) is 1. The molecule has 1 amide bonds. The first-order valence-corrected chi connectivity index (χ1v) is 8.14. The van der Waals surface area contributed by atoms with Crippen LogP contribution >= 0.6 is 0 Å². The van der Waals surface area contributed by atoms with Gasteiger partial charge in [-0.05, 0) is 11.6 Å². The molecule has 128 valence electrons. The maximum Gasteiger partial charge on any atom is 0.249 e. The van der Waals surface area contributed by atoms with Gasteiger partial charge in [-0.1, -0.05) is 30.3 Å². The summed E-state index contributed by atoms with van der Waals surface area (Å²) >= 11 is 0. The molecule has 0 aromatic heterocycles. The lowest BCUT2D eigenvalue weighted by Crippen LogP contribution is -2.38. The fourth-order valence-corrected chi connectivity index (χ4v) is 3.31. The van der Waals surface area contributed by atoms with Gasteiger partial charge in [-0.25, -0.2) is 4.99 Å². The minimum atomic E-state index is -0.262. The quantitative estimate of drug-likeness (QED) is 0.929. The van der Waals surface area contributed by atoms with Gasteiger partial charge in [0.15, 0.2) is 11.5 Å². The first-order valence-electron chi connectivity index (χ1n) is 8.14. The molecular weight excluding hydrogens is 318 g/mol. The molecule has 0 bridgehead atoms. The number of methoxy groups -OCH3 is 2. The Hall–Kier alpha value is -3.02. The number of aliphatic imine (C=N–C) groups is 1. The summed E-state index contributed by atoms with van der Waals surface area (Å²) in [6.07, 6.45) is 0.647. The molecule has 0 aliphatic carbocycles. The van der Waals surface area contributed by atoms with Crippen molar-refractivity contribution in [2.75, 3.05) is 14.2 Å². The number of carbonyl (C=O) groups excluding carboxylic acids is 1. The zero-order chi connectivity index (χ0) is 17.4. The van der Waals surface area contributed by atoms with Crippen LogP contribution in [-0.4, -0.2) is 37.0 Å². The van der Waals surface area contributed by atoms with Crippen LogP contribution in [0, 0.1) is 0 Å². The molecular formula is C19H19N3O3. The molecule has 2 aromatic carbocycles. The molecule has 0 spiro atoms. The van der Waals surface area contributed by atoms with Crippen molar-refractivity contribution >= 4 is 17.6 Å². The number of ether oxygens (including phenoxy) is 2. The lowest BCUT2D eigenvalue weighted by Gasteiger charge is -2.28. The van der Waals surface area contributed by atoms with Gasteiger partial charge >= 0.3 is 0 Å². The number of hydrogen-bond acceptors (Lipinski definition) is 5. The van der Waals surface area contributed by atoms with Crippen LogP contribution in [0.1, 0.15) is 11.1 Å². The molecule has 2 aromatic rings. The summed E-state index contributed by atoms with van der Waals surface area (Å²) in [6.45, 7) is 0.602. The Morgan fingerprint density at radius 1 is 1.16 bits per heavy atom. The van der Waals surface area contributed by atoms with Gasteiger partial charge in [-0.3, -0.25) is 10.1 Å². The van der Waals surface area contributed by atoms with Crippen molar-refractivity contribution in [2.24, 2.45) is 4.99 Å². The Kier molecular flexibility index (Phi) is 3.80. The van der Waals surface area contributed by atoms with E-state index in [2.05, 4.69) is 10.3 Å². The van der Waals surface area contributed by atoms with Crippen LogP contribution in [0.15, 0.2) is 47.5 Å². The molecule has 4 rings (SSSR count). The van der Waals surface area contributed by atoms with Crippen LogP contribution < -0.4 is 14.8 Å². The van der Waals surface area contributed by atoms with E-state index in [0.29, 0.717) is 30.4 Å². The second kappa shape index (κ2) is 6.12. The first-order chi connectivity index (χ1) is 12.2. The van der Waals surface area contributed by atoms with Gasteiger partial charge in [0.05, 0.1) is 19.9 Å². The molecule has 1 atom stereocenters. The molecule has 2 heterocycles. The lowest BCUT2D eigenvalue weighted by molar-refractivity contribution is -0.121. The van der Waals surface area contributed by atoms with Crippen LogP contribution in [0.3, 0.4) is 0 Å². The molecule has 0 radical (unpaired) electrons. The number of carbonyl (C=O) groups is 1. The largest absolute Gasteiger partial charge is 0.493 e. The third kappa shape index (κ3) is 2.69. The highest BCUT2D eigenvalue weighted by Gasteiger charge is 2.39. The zero-order valence-corrected chi connectivity index (χ0v) is 14.2. The van der Waals surface area contributed by atoms with E-state index in [1.54, 1.807) is 14.2 Å². The maximum atomic E-state index is 12.5. The van der Waals surface area contributed by atoms with Gasteiger partial charge in [0.1, 0.15) is 6.04 Å². The Bertz CT molecular complexity index is 848. The lowest BCUT2D eigenvalue weighted by atomic mass is 10.0. The number of hydrogen-bond donors (Lipinski definition) is 1. The second-order valence-corrected chi connectivity index (χ2v) is 6.09. The van der Waals surface area contributed by atoms with Crippen molar-refractivity contribution in [3.05, 3.63) is 53.6 Å². The van der Waals surface area contributed by atoms with Gasteiger partial charge < -0.3 is 14.4 Å². The molecule has 25 heavy (non-hydrogen) atoms. The van der Waals surface area contributed by atoms with Crippen LogP contribution in [0.2, 0.25) is 0 Å². The van der Waals surface area contributed by atoms with Crippen molar-refractivity contribution < 1.29 is 14.3 Å². The van der Waals surface area contributed by atoms with E-state index in [0.717, 1.165) is 16.8 Å². The highest BCUT2D eigenvalue weighted by molar-refractivity contribution is 6.08. The summed E-state index contributed by atoms with van der Waals surface area (Å²) in [7, 11) is 3.21. The van der Waals surface area contributed by atoms with E-state index < -0.39 is 0 Å². The number of rotatable bonds is 4. The van der Waals surface area contributed by atoms with Gasteiger partial charge in [-0.15, -0.1) is 0 Å². The fourth-order valence-electron chi connectivity index (χ4n) is 3.31. The predicted molar refractivity (Wildman–Crippen MR) is 94.3 cm³/mol. The average Bonchev–Trinajstić information content (AvgIpc) is 2.94. The van der Waals surface area contributed by atoms with Crippen LogP contribution in [0.25, 0.3) is 0 Å². The van der Waals surface area contributed by atoms with E-state index in [9.17, 15) is 4.79 Å². The SMILES string of the molecule is COc1cc2c(cc1OC)N=C1NC(=O)C(Cc3ccccc3)N1C2. The Labute approximate surface area is 146 Å². The summed E-state index contributed by atoms with van der Waals surface area (Å²) in [4.78, 5) is 19.1. The monoisotopic (exact) mass is 337 g/mol. The van der Waals surface area contributed by atoms with E-state index in [1.807, 2.05) is 47.4 Å². The van der Waals surface area contributed by atoms with E-state index in [4.69, 9.17) is 9.47 Å². The Balaban J connectivity index is 1.66. The van der Waals surface area contributed by atoms with E-state index >= 15 is 0 Å². The Morgan fingerprint density at radius 3 is 2.60 bits per heavy atom. The molecule has 0 saturated carbocycles. The number of nitrogens with zero attached hydrogens (tertiary/aromatic N) is 2. The number of guanidine groups is 1. The molecule has 2 aliphatic rings. The fraction of sp³-hybridized carbons (Fsp3) is 0.263. The summed E-state index contributed by atoms with van der Waals surface area (Å²) in [6, 6.07) is 13.5. The average molecular weight is 337 g/mol. The Morgan fingerprint density at radius 2 is 1.88 bits per heavy atom. The molecule has 6 nitrogen and oxygen atoms in total. The van der Waals surface area contributed by atoms with Crippen molar-refractivity contribution in [1.29, 1.82) is 0 Å².